The SMILES string of the molecule is CCC(O)(CO)C(OC(OC)C1=CC(O)C1O)C(O)OC1C(O)C(O)C(OC(=N)NF)C(O)C1NC=N. The van der Waals surface area contributed by atoms with Gasteiger partial charge in [0.05, 0.1) is 19.0 Å². The zero-order chi connectivity index (χ0) is 28.1. The molecule has 0 radical (unpaired) electrons. The van der Waals surface area contributed by atoms with Gasteiger partial charge in [-0.15, -0.1) is 0 Å². The number of hydrogen-bond acceptors (Lipinski definition) is 14. The Kier molecular flexibility index (Phi) is 11.1. The first-order valence-electron chi connectivity index (χ1n) is 11.2. The van der Waals surface area contributed by atoms with Crippen molar-refractivity contribution in [2.75, 3.05) is 13.7 Å². The summed E-state index contributed by atoms with van der Waals surface area (Å²) in [4.78, 5) is 0. The molecule has 37 heavy (non-hydrogen) atoms. The van der Waals surface area contributed by atoms with E-state index in [1.165, 1.54) is 20.1 Å². The van der Waals surface area contributed by atoms with Crippen molar-refractivity contribution in [1.29, 1.82) is 10.8 Å². The van der Waals surface area contributed by atoms with Crippen molar-refractivity contribution in [3.8, 4) is 0 Å². The molecule has 2 aliphatic rings. The average molecular weight is 543 g/mol. The fourth-order valence-corrected chi connectivity index (χ4v) is 4.14. The molecular formula is C20H35FN4O12. The zero-order valence-electron chi connectivity index (χ0n) is 20.0. The second-order valence-electron chi connectivity index (χ2n) is 8.65. The Morgan fingerprint density at radius 3 is 2.27 bits per heavy atom. The fraction of sp³-hybridized carbons (Fsp3) is 0.800. The van der Waals surface area contributed by atoms with Gasteiger partial charge >= 0.3 is 6.02 Å². The highest BCUT2D eigenvalue weighted by atomic mass is 19.2. The van der Waals surface area contributed by atoms with Gasteiger partial charge in [-0.3, -0.25) is 5.41 Å². The maximum Gasteiger partial charge on any atom is 0.311 e. The van der Waals surface area contributed by atoms with Gasteiger partial charge in [0.15, 0.2) is 18.7 Å². The summed E-state index contributed by atoms with van der Waals surface area (Å²) in [5.74, 6) is 0. The first kappa shape index (κ1) is 31.2. The van der Waals surface area contributed by atoms with Crippen LogP contribution >= 0.6 is 0 Å². The number of rotatable bonds is 13. The molecule has 17 heteroatoms. The van der Waals surface area contributed by atoms with Crippen LogP contribution in [-0.4, -0.2) is 140 Å². The first-order valence-corrected chi connectivity index (χ1v) is 11.2. The molecule has 0 aromatic carbocycles. The summed E-state index contributed by atoms with van der Waals surface area (Å²) in [7, 11) is 1.17. The van der Waals surface area contributed by atoms with Gasteiger partial charge in [-0.2, -0.15) is 5.54 Å². The molecule has 16 nitrogen and oxygen atoms in total. The predicted octanol–water partition coefficient (Wildman–Crippen LogP) is -4.70. The van der Waals surface area contributed by atoms with E-state index in [4.69, 9.17) is 29.8 Å². The predicted molar refractivity (Wildman–Crippen MR) is 120 cm³/mol. The number of methoxy groups -OCH3 is 1. The summed E-state index contributed by atoms with van der Waals surface area (Å²) in [5, 5.41) is 99.8. The molecule has 2 rings (SSSR count). The third-order valence-corrected chi connectivity index (χ3v) is 6.45. The monoisotopic (exact) mass is 542 g/mol. The molecule has 0 aliphatic heterocycles. The van der Waals surface area contributed by atoms with Crippen molar-refractivity contribution in [3.05, 3.63) is 11.6 Å². The summed E-state index contributed by atoms with van der Waals surface area (Å²) >= 11 is 0. The molecule has 0 heterocycles. The molecule has 0 aromatic heterocycles. The molecule has 2 aliphatic carbocycles. The standard InChI is InChI=1S/C20H35FN4O12/c1-3-20(33,5-26)16(37-18(34-2)7-4-8(27)10(7)28)17(32)35-14-9(24-6-22)11(29)15(13(31)12(14)30)36-19(23)25-21/h4,6,8-18,26-33H,3,5H2,1-2H3,(H2,22,24)(H2,23,25). The van der Waals surface area contributed by atoms with Crippen molar-refractivity contribution in [3.63, 3.8) is 0 Å². The van der Waals surface area contributed by atoms with E-state index in [0.717, 1.165) is 5.54 Å². The number of hydrogen-bond donors (Lipinski definition) is 12. The minimum atomic E-state index is -2.20. The molecule has 0 aromatic rings. The maximum absolute atomic E-state index is 12.5. The zero-order valence-corrected chi connectivity index (χ0v) is 20.0. The van der Waals surface area contributed by atoms with E-state index in [9.17, 15) is 45.3 Å². The van der Waals surface area contributed by atoms with E-state index in [2.05, 4.69) is 5.32 Å². The Morgan fingerprint density at radius 2 is 1.81 bits per heavy atom. The van der Waals surface area contributed by atoms with Gasteiger partial charge in [-0.1, -0.05) is 11.4 Å². The molecule has 12 unspecified atom stereocenters. The van der Waals surface area contributed by atoms with Crippen LogP contribution < -0.4 is 10.9 Å². The topological polar surface area (TPSA) is 271 Å². The van der Waals surface area contributed by atoms with Crippen molar-refractivity contribution in [1.82, 2.24) is 10.9 Å². The van der Waals surface area contributed by atoms with Crippen molar-refractivity contribution in [2.24, 2.45) is 0 Å². The van der Waals surface area contributed by atoms with Crippen molar-refractivity contribution in [2.45, 2.75) is 86.4 Å². The van der Waals surface area contributed by atoms with Gasteiger partial charge < -0.3 is 65.1 Å². The number of aliphatic hydroxyl groups excluding tert-OH is 7. The average Bonchev–Trinajstić information content (AvgIpc) is 2.90. The van der Waals surface area contributed by atoms with Gasteiger partial charge in [0.1, 0.15) is 48.3 Å². The lowest BCUT2D eigenvalue weighted by molar-refractivity contribution is -0.308. The number of ether oxygens (including phenoxy) is 4. The third-order valence-electron chi connectivity index (χ3n) is 6.45. The van der Waals surface area contributed by atoms with Gasteiger partial charge in [-0.25, -0.2) is 5.41 Å². The van der Waals surface area contributed by atoms with Crippen LogP contribution in [0.25, 0.3) is 0 Å². The van der Waals surface area contributed by atoms with E-state index >= 15 is 0 Å². The second-order valence-corrected chi connectivity index (χ2v) is 8.65. The highest BCUT2D eigenvalue weighted by Gasteiger charge is 2.54. The lowest BCUT2D eigenvalue weighted by atomic mass is 9.82. The Morgan fingerprint density at radius 1 is 1.19 bits per heavy atom. The second kappa shape index (κ2) is 13.2. The molecule has 0 amide bonds. The molecule has 0 saturated heterocycles. The summed E-state index contributed by atoms with van der Waals surface area (Å²) < 4.78 is 33.5. The Bertz CT molecular complexity index is 805. The summed E-state index contributed by atoms with van der Waals surface area (Å²) in [6, 6.07) is -2.67. The van der Waals surface area contributed by atoms with Gasteiger partial charge in [-0.05, 0) is 12.5 Å². The molecule has 12 N–H and O–H groups in total. The highest BCUT2D eigenvalue weighted by Crippen LogP contribution is 2.33. The minimum Gasteiger partial charge on any atom is -0.455 e. The van der Waals surface area contributed by atoms with Crippen LogP contribution in [0, 0.1) is 10.8 Å². The van der Waals surface area contributed by atoms with E-state index in [1.807, 2.05) is 0 Å². The molecule has 1 fully saturated rings. The Labute approximate surface area is 210 Å². The van der Waals surface area contributed by atoms with Gasteiger partial charge in [0.2, 0.25) is 0 Å². The van der Waals surface area contributed by atoms with Crippen molar-refractivity contribution < 1.29 is 64.3 Å². The Hall–Kier alpha value is -2.03. The first-order chi connectivity index (χ1) is 17.4. The van der Waals surface area contributed by atoms with Gasteiger partial charge in [0, 0.05) is 12.7 Å². The number of halogens is 1. The minimum absolute atomic E-state index is 0.0550. The molecule has 1 saturated carbocycles. The molecule has 214 valence electrons. The smallest absolute Gasteiger partial charge is 0.311 e. The number of nitrogens with one attached hydrogen (secondary N) is 4. The fourth-order valence-electron chi connectivity index (χ4n) is 4.14. The highest BCUT2D eigenvalue weighted by molar-refractivity contribution is 5.68. The summed E-state index contributed by atoms with van der Waals surface area (Å²) in [5.41, 5.74) is -1.27. The van der Waals surface area contributed by atoms with E-state index in [1.54, 1.807) is 0 Å². The number of aliphatic hydroxyl groups is 8. The van der Waals surface area contributed by atoms with Gasteiger partial charge in [0.25, 0.3) is 0 Å². The van der Waals surface area contributed by atoms with Crippen LogP contribution in [0.3, 0.4) is 0 Å². The maximum atomic E-state index is 12.5. The van der Waals surface area contributed by atoms with E-state index in [0.29, 0.717) is 6.34 Å². The van der Waals surface area contributed by atoms with Crippen LogP contribution in [-0.2, 0) is 18.9 Å². The summed E-state index contributed by atoms with van der Waals surface area (Å²) in [6.45, 7) is 0.491. The quantitative estimate of drug-likeness (QED) is 0.0343. The molecule has 0 bridgehead atoms. The van der Waals surface area contributed by atoms with Crippen LogP contribution in [0.5, 0.6) is 0 Å². The largest absolute Gasteiger partial charge is 0.455 e. The van der Waals surface area contributed by atoms with Crippen LogP contribution in [0.4, 0.5) is 4.48 Å². The van der Waals surface area contributed by atoms with Crippen LogP contribution in [0.1, 0.15) is 13.3 Å². The third kappa shape index (κ3) is 6.52. The Balaban J connectivity index is 2.34. The molecule has 0 spiro atoms. The lowest BCUT2D eigenvalue weighted by Crippen LogP contribution is -2.70. The van der Waals surface area contributed by atoms with Crippen molar-refractivity contribution >= 4 is 12.4 Å². The number of amidine groups is 1. The normalized spacial score (nSPS) is 35.7. The molecule has 12 atom stereocenters. The van der Waals surface area contributed by atoms with Crippen LogP contribution in [0.2, 0.25) is 0 Å². The van der Waals surface area contributed by atoms with Crippen LogP contribution in [0.15, 0.2) is 11.6 Å². The lowest BCUT2D eigenvalue weighted by Gasteiger charge is -2.47. The molecular weight excluding hydrogens is 507 g/mol. The van der Waals surface area contributed by atoms with E-state index < -0.39 is 85.7 Å². The summed E-state index contributed by atoms with van der Waals surface area (Å²) in [6.07, 6.45) is -15.7. The van der Waals surface area contributed by atoms with E-state index in [-0.39, 0.29) is 12.0 Å².